The Morgan fingerprint density at radius 3 is 1.69 bits per heavy atom. The molecule has 0 N–H and O–H groups in total. The molecule has 0 bridgehead atoms. The Morgan fingerprint density at radius 1 is 0.436 bits per heavy atom. The highest BCUT2D eigenvalue weighted by Gasteiger charge is 2.18. The number of hydrogen-bond acceptors (Lipinski definition) is 4. The highest BCUT2D eigenvalue weighted by Crippen LogP contribution is 2.41. The summed E-state index contributed by atoms with van der Waals surface area (Å²) in [5, 5.41) is 5.86. The Labute approximate surface area is 229 Å². The maximum atomic E-state index is 5.35. The second-order valence-corrected chi connectivity index (χ2v) is 10.7. The zero-order valence-corrected chi connectivity index (χ0v) is 21.7. The Balaban J connectivity index is 1.48. The molecule has 0 unspecified atom stereocenters. The van der Waals surface area contributed by atoms with Crippen molar-refractivity contribution >= 4 is 53.2 Å². The number of fused-ring (bicyclic) bond motifs is 7. The van der Waals surface area contributed by atoms with Crippen molar-refractivity contribution in [2.24, 2.45) is 0 Å². The van der Waals surface area contributed by atoms with Crippen molar-refractivity contribution in [3.8, 4) is 34.0 Å². The molecule has 0 aliphatic rings. The van der Waals surface area contributed by atoms with Gasteiger partial charge in [0, 0.05) is 37.4 Å². The summed E-state index contributed by atoms with van der Waals surface area (Å²) in [7, 11) is 0. The lowest BCUT2D eigenvalue weighted by Crippen LogP contribution is -1.99. The fourth-order valence-corrected chi connectivity index (χ4v) is 6.63. The molecule has 0 saturated carbocycles. The van der Waals surface area contributed by atoms with E-state index in [1.54, 1.807) is 11.3 Å². The monoisotopic (exact) mass is 515 g/mol. The molecule has 0 radical (unpaired) electrons. The van der Waals surface area contributed by atoms with Crippen LogP contribution in [0.2, 0.25) is 0 Å². The smallest absolute Gasteiger partial charge is 0.179 e. The molecule has 3 nitrogen and oxygen atoms in total. The summed E-state index contributed by atoms with van der Waals surface area (Å²) in [6, 6.07) is 44.2. The summed E-state index contributed by atoms with van der Waals surface area (Å²) in [5.41, 5.74) is 5.66. The number of aromatic nitrogens is 3. The minimum Gasteiger partial charge on any atom is -0.242 e. The Morgan fingerprint density at radius 2 is 1.00 bits per heavy atom. The van der Waals surface area contributed by atoms with E-state index in [0.717, 1.165) is 49.9 Å². The molecule has 182 valence electrons. The van der Waals surface area contributed by atoms with Crippen LogP contribution < -0.4 is 0 Å². The van der Waals surface area contributed by atoms with Gasteiger partial charge in [-0.25, -0.2) is 15.0 Å². The summed E-state index contributed by atoms with van der Waals surface area (Å²) in [6.45, 7) is 0. The van der Waals surface area contributed by atoms with Gasteiger partial charge in [-0.1, -0.05) is 115 Å². The van der Waals surface area contributed by atoms with Crippen LogP contribution in [0.5, 0.6) is 0 Å². The molecular weight excluding hydrogens is 494 g/mol. The summed E-state index contributed by atoms with van der Waals surface area (Å²) in [4.78, 5) is 15.6. The molecule has 3 heterocycles. The van der Waals surface area contributed by atoms with Crippen LogP contribution in [0.15, 0.2) is 127 Å². The van der Waals surface area contributed by atoms with Gasteiger partial charge in [-0.2, -0.15) is 0 Å². The third-order valence-corrected chi connectivity index (χ3v) is 8.49. The predicted molar refractivity (Wildman–Crippen MR) is 164 cm³/mol. The van der Waals surface area contributed by atoms with E-state index < -0.39 is 0 Å². The average Bonchev–Trinajstić information content (AvgIpc) is 3.40. The lowest BCUT2D eigenvalue weighted by atomic mass is 10.0. The van der Waals surface area contributed by atoms with Crippen LogP contribution in [-0.4, -0.2) is 15.0 Å². The van der Waals surface area contributed by atoms with E-state index in [2.05, 4.69) is 91.0 Å². The second kappa shape index (κ2) is 8.83. The first-order valence-electron chi connectivity index (χ1n) is 13.0. The van der Waals surface area contributed by atoms with Gasteiger partial charge in [0.25, 0.3) is 0 Å². The zero-order chi connectivity index (χ0) is 25.8. The Hall–Kier alpha value is -4.93. The second-order valence-electron chi connectivity index (χ2n) is 9.64. The molecule has 3 aromatic heterocycles. The van der Waals surface area contributed by atoms with E-state index >= 15 is 0 Å². The van der Waals surface area contributed by atoms with Crippen LogP contribution in [0.25, 0.3) is 75.9 Å². The molecule has 39 heavy (non-hydrogen) atoms. The highest BCUT2D eigenvalue weighted by molar-refractivity contribution is 7.26. The van der Waals surface area contributed by atoms with Crippen LogP contribution in [0.4, 0.5) is 0 Å². The van der Waals surface area contributed by atoms with Gasteiger partial charge >= 0.3 is 0 Å². The van der Waals surface area contributed by atoms with E-state index in [4.69, 9.17) is 15.0 Å². The first-order valence-corrected chi connectivity index (χ1v) is 13.8. The van der Waals surface area contributed by atoms with Crippen LogP contribution in [-0.2, 0) is 0 Å². The molecule has 0 atom stereocenters. The van der Waals surface area contributed by atoms with Crippen molar-refractivity contribution in [1.82, 2.24) is 15.0 Å². The number of benzene rings is 5. The quantitative estimate of drug-likeness (QED) is 0.220. The number of rotatable bonds is 3. The molecule has 8 rings (SSSR count). The molecule has 0 aliphatic heterocycles. The molecule has 0 amide bonds. The standard InChI is InChI=1S/C35H21N3S/c1-3-11-22(12-4-1)29-21-30(23-13-5-2-6-14-23)37-35(36-29)33-26-17-8-7-15-24(26)27-19-20-28-25-16-9-10-18-31(25)39-34(28)32(27)38-33/h1-21H. The lowest BCUT2D eigenvalue weighted by molar-refractivity contribution is 1.16. The van der Waals surface area contributed by atoms with Gasteiger partial charge < -0.3 is 0 Å². The van der Waals surface area contributed by atoms with Crippen LogP contribution in [0.3, 0.4) is 0 Å². The van der Waals surface area contributed by atoms with Gasteiger partial charge in [0.05, 0.1) is 21.6 Å². The normalized spacial score (nSPS) is 11.6. The first-order chi connectivity index (χ1) is 19.3. The maximum Gasteiger partial charge on any atom is 0.179 e. The van der Waals surface area contributed by atoms with E-state index in [-0.39, 0.29) is 0 Å². The van der Waals surface area contributed by atoms with Crippen LogP contribution in [0, 0.1) is 0 Å². The van der Waals surface area contributed by atoms with Crippen molar-refractivity contribution in [2.45, 2.75) is 0 Å². The minimum absolute atomic E-state index is 0.631. The van der Waals surface area contributed by atoms with Crippen molar-refractivity contribution in [3.05, 3.63) is 127 Å². The largest absolute Gasteiger partial charge is 0.242 e. The van der Waals surface area contributed by atoms with E-state index in [9.17, 15) is 0 Å². The fourth-order valence-electron chi connectivity index (χ4n) is 5.44. The zero-order valence-electron chi connectivity index (χ0n) is 20.9. The van der Waals surface area contributed by atoms with E-state index in [1.807, 2.05) is 36.4 Å². The van der Waals surface area contributed by atoms with Gasteiger partial charge in [0.1, 0.15) is 5.69 Å². The minimum atomic E-state index is 0.631. The SMILES string of the molecule is c1ccc(-c2cc(-c3ccccc3)nc(-c3nc4c(ccc5c6ccccc6sc54)c4ccccc34)n2)cc1. The number of pyridine rings is 1. The molecule has 0 aliphatic carbocycles. The van der Waals surface area contributed by atoms with E-state index in [0.29, 0.717) is 5.82 Å². The van der Waals surface area contributed by atoms with Crippen molar-refractivity contribution in [3.63, 3.8) is 0 Å². The number of hydrogen-bond donors (Lipinski definition) is 0. The van der Waals surface area contributed by atoms with Gasteiger partial charge in [0.2, 0.25) is 0 Å². The third kappa shape index (κ3) is 3.61. The molecule has 0 fully saturated rings. The van der Waals surface area contributed by atoms with Gasteiger partial charge in [-0.15, -0.1) is 11.3 Å². The predicted octanol–water partition coefficient (Wildman–Crippen LogP) is 9.55. The molecule has 4 heteroatoms. The summed E-state index contributed by atoms with van der Waals surface area (Å²) in [6.07, 6.45) is 0. The fraction of sp³-hybridized carbons (Fsp3) is 0. The first kappa shape index (κ1) is 22.1. The van der Waals surface area contributed by atoms with Crippen molar-refractivity contribution < 1.29 is 0 Å². The summed E-state index contributed by atoms with van der Waals surface area (Å²) < 4.78 is 2.47. The van der Waals surface area contributed by atoms with Crippen molar-refractivity contribution in [2.75, 3.05) is 0 Å². The van der Waals surface area contributed by atoms with Gasteiger partial charge in [0.15, 0.2) is 5.82 Å². The van der Waals surface area contributed by atoms with Crippen LogP contribution >= 0.6 is 11.3 Å². The summed E-state index contributed by atoms with van der Waals surface area (Å²) in [5.74, 6) is 0.631. The van der Waals surface area contributed by atoms with Crippen molar-refractivity contribution in [1.29, 1.82) is 0 Å². The lowest BCUT2D eigenvalue weighted by Gasteiger charge is -2.12. The number of thiophene rings is 1. The molecule has 0 saturated heterocycles. The third-order valence-electron chi connectivity index (χ3n) is 7.29. The van der Waals surface area contributed by atoms with Gasteiger partial charge in [-0.3, -0.25) is 0 Å². The topological polar surface area (TPSA) is 38.7 Å². The molecular formula is C35H21N3S. The average molecular weight is 516 g/mol. The number of nitrogens with zero attached hydrogens (tertiary/aromatic N) is 3. The molecule has 5 aromatic carbocycles. The molecule has 0 spiro atoms. The van der Waals surface area contributed by atoms with Gasteiger partial charge in [-0.05, 0) is 17.5 Å². The maximum absolute atomic E-state index is 5.35. The van der Waals surface area contributed by atoms with E-state index in [1.165, 1.54) is 20.2 Å². The van der Waals surface area contributed by atoms with Crippen LogP contribution in [0.1, 0.15) is 0 Å². The Bertz CT molecular complexity index is 2110. The highest BCUT2D eigenvalue weighted by atomic mass is 32.1. The molecule has 8 aromatic rings. The Kier molecular flexibility index (Phi) is 5.00. The summed E-state index contributed by atoms with van der Waals surface area (Å²) >= 11 is 1.80.